The van der Waals surface area contributed by atoms with Gasteiger partial charge in [-0.1, -0.05) is 41.1 Å². The summed E-state index contributed by atoms with van der Waals surface area (Å²) in [5.41, 5.74) is 3.73. The van der Waals surface area contributed by atoms with Crippen LogP contribution in [-0.2, 0) is 23.0 Å². The number of halogens is 1. The summed E-state index contributed by atoms with van der Waals surface area (Å²) in [6.07, 6.45) is 2.51. The molecule has 5 rings (SSSR count). The van der Waals surface area contributed by atoms with Crippen molar-refractivity contribution < 1.29 is 13.2 Å². The summed E-state index contributed by atoms with van der Waals surface area (Å²) in [5, 5.41) is 0.633. The van der Waals surface area contributed by atoms with Crippen molar-refractivity contribution in [1.82, 2.24) is 9.29 Å². The smallest absolute Gasteiger partial charge is 0.308 e. The highest BCUT2D eigenvalue weighted by Gasteiger charge is 2.26. The number of sulfonamides is 1. The quantitative estimate of drug-likeness (QED) is 0.387. The molecule has 176 valence electrons. The molecule has 4 aromatic rings. The summed E-state index contributed by atoms with van der Waals surface area (Å²) < 4.78 is 37.0. The molecule has 0 amide bonds. The Labute approximate surface area is 206 Å². The average molecular weight is 515 g/mol. The zero-order valence-electron chi connectivity index (χ0n) is 18.5. The summed E-state index contributed by atoms with van der Waals surface area (Å²) in [6.45, 7) is 0.392. The fourth-order valence-corrected chi connectivity index (χ4v) is 6.84. The second kappa shape index (κ2) is 9.19. The number of rotatable bonds is 6. The van der Waals surface area contributed by atoms with Crippen LogP contribution in [-0.4, -0.2) is 20.1 Å². The molecule has 1 aliphatic rings. The van der Waals surface area contributed by atoms with E-state index in [2.05, 4.69) is 4.72 Å². The maximum atomic E-state index is 13.3. The Hall–Kier alpha value is -2.65. The Morgan fingerprint density at radius 2 is 1.91 bits per heavy atom. The van der Waals surface area contributed by atoms with Crippen LogP contribution in [0.5, 0.6) is 5.75 Å². The van der Waals surface area contributed by atoms with E-state index >= 15 is 0 Å². The highest BCUT2D eigenvalue weighted by molar-refractivity contribution is 7.89. The van der Waals surface area contributed by atoms with E-state index < -0.39 is 10.0 Å². The number of fused-ring (bicyclic) bond motifs is 2. The van der Waals surface area contributed by atoms with E-state index in [0.29, 0.717) is 21.8 Å². The third kappa shape index (κ3) is 4.51. The van der Waals surface area contributed by atoms with Gasteiger partial charge in [-0.15, -0.1) is 0 Å². The van der Waals surface area contributed by atoms with Crippen LogP contribution in [0.4, 0.5) is 0 Å². The predicted molar refractivity (Wildman–Crippen MR) is 136 cm³/mol. The van der Waals surface area contributed by atoms with E-state index in [1.54, 1.807) is 42.0 Å². The molecule has 6 nitrogen and oxygen atoms in total. The summed E-state index contributed by atoms with van der Waals surface area (Å²) in [5.74, 6) is 0.769. The molecule has 0 aliphatic heterocycles. The normalized spacial score (nSPS) is 15.9. The molecule has 9 heteroatoms. The first kappa shape index (κ1) is 23.1. The van der Waals surface area contributed by atoms with Crippen molar-refractivity contribution in [2.45, 2.75) is 36.7 Å². The van der Waals surface area contributed by atoms with Gasteiger partial charge in [0, 0.05) is 11.1 Å². The van der Waals surface area contributed by atoms with Crippen LogP contribution in [0, 0.1) is 0 Å². The maximum Gasteiger partial charge on any atom is 0.308 e. The SMILES string of the molecule is COc1ccc2c(c1)CCC[C@H]2NS(=O)(=O)c1ccc2c(c1)sc(=O)n2Cc1ccc(Cl)cc1. The minimum atomic E-state index is -3.78. The van der Waals surface area contributed by atoms with Crippen molar-refractivity contribution in [2.24, 2.45) is 0 Å². The van der Waals surface area contributed by atoms with Gasteiger partial charge in [-0.2, -0.15) is 0 Å². The zero-order chi connectivity index (χ0) is 23.9. The summed E-state index contributed by atoms with van der Waals surface area (Å²) in [4.78, 5) is 12.7. The molecule has 0 spiro atoms. The van der Waals surface area contributed by atoms with Crippen LogP contribution in [0.25, 0.3) is 10.2 Å². The van der Waals surface area contributed by atoms with Crippen molar-refractivity contribution in [1.29, 1.82) is 0 Å². The van der Waals surface area contributed by atoms with Gasteiger partial charge in [0.2, 0.25) is 10.0 Å². The van der Waals surface area contributed by atoms with Crippen molar-refractivity contribution in [3.05, 3.63) is 92.0 Å². The van der Waals surface area contributed by atoms with E-state index in [1.807, 2.05) is 30.3 Å². The second-order valence-electron chi connectivity index (χ2n) is 8.34. The van der Waals surface area contributed by atoms with Crippen LogP contribution in [0.1, 0.15) is 35.6 Å². The Balaban J connectivity index is 1.43. The number of hydrogen-bond donors (Lipinski definition) is 1. The largest absolute Gasteiger partial charge is 0.497 e. The van der Waals surface area contributed by atoms with Crippen LogP contribution in [0.15, 0.2) is 70.4 Å². The number of aromatic nitrogens is 1. The van der Waals surface area contributed by atoms with Gasteiger partial charge >= 0.3 is 4.87 Å². The molecule has 1 heterocycles. The van der Waals surface area contributed by atoms with Gasteiger partial charge in [0.15, 0.2) is 0 Å². The lowest BCUT2D eigenvalue weighted by Crippen LogP contribution is -2.31. The number of nitrogens with zero attached hydrogens (tertiary/aromatic N) is 1. The van der Waals surface area contributed by atoms with Gasteiger partial charge < -0.3 is 4.74 Å². The summed E-state index contributed by atoms with van der Waals surface area (Å²) in [6, 6.07) is 17.6. The van der Waals surface area contributed by atoms with Crippen molar-refractivity contribution in [3.63, 3.8) is 0 Å². The molecule has 0 radical (unpaired) electrons. The van der Waals surface area contributed by atoms with Crippen molar-refractivity contribution >= 4 is 43.2 Å². The highest BCUT2D eigenvalue weighted by Crippen LogP contribution is 2.33. The summed E-state index contributed by atoms with van der Waals surface area (Å²) >= 11 is 7.00. The molecule has 0 unspecified atom stereocenters. The van der Waals surface area contributed by atoms with Gasteiger partial charge in [-0.05, 0) is 78.4 Å². The minimum Gasteiger partial charge on any atom is -0.497 e. The number of thiazole rings is 1. The highest BCUT2D eigenvalue weighted by atomic mass is 35.5. The van der Waals surface area contributed by atoms with E-state index in [0.717, 1.165) is 53.0 Å². The van der Waals surface area contributed by atoms with Gasteiger partial charge in [-0.3, -0.25) is 9.36 Å². The van der Waals surface area contributed by atoms with Crippen molar-refractivity contribution in [2.75, 3.05) is 7.11 Å². The van der Waals surface area contributed by atoms with Crippen LogP contribution >= 0.6 is 22.9 Å². The molecule has 0 saturated heterocycles. The third-order valence-corrected chi connectivity index (χ3v) is 8.83. The Morgan fingerprint density at radius 1 is 1.12 bits per heavy atom. The van der Waals surface area contributed by atoms with Gasteiger partial charge in [-0.25, -0.2) is 13.1 Å². The lowest BCUT2D eigenvalue weighted by atomic mass is 9.88. The number of hydrogen-bond acceptors (Lipinski definition) is 5. The molecule has 0 bridgehead atoms. The molecule has 0 saturated carbocycles. The Kier molecular flexibility index (Phi) is 6.24. The molecule has 0 fully saturated rings. The Morgan fingerprint density at radius 3 is 2.68 bits per heavy atom. The zero-order valence-corrected chi connectivity index (χ0v) is 20.8. The van der Waals surface area contributed by atoms with E-state index in [1.165, 1.54) is 0 Å². The number of benzene rings is 3. The van der Waals surface area contributed by atoms with Gasteiger partial charge in [0.25, 0.3) is 0 Å². The fraction of sp³-hybridized carbons (Fsp3) is 0.240. The van der Waals surface area contributed by atoms with Crippen LogP contribution < -0.4 is 14.3 Å². The number of ether oxygens (including phenoxy) is 1. The monoisotopic (exact) mass is 514 g/mol. The van der Waals surface area contributed by atoms with E-state index in [-0.39, 0.29) is 15.8 Å². The van der Waals surface area contributed by atoms with Crippen LogP contribution in [0.3, 0.4) is 0 Å². The molecule has 1 aliphatic carbocycles. The lowest BCUT2D eigenvalue weighted by Gasteiger charge is -2.26. The average Bonchev–Trinajstić information content (AvgIpc) is 3.14. The first-order valence-electron chi connectivity index (χ1n) is 10.9. The first-order valence-corrected chi connectivity index (χ1v) is 13.6. The first-order chi connectivity index (χ1) is 16.3. The Bertz CT molecular complexity index is 1530. The molecule has 3 aromatic carbocycles. The lowest BCUT2D eigenvalue weighted by molar-refractivity contribution is 0.412. The fourth-order valence-electron chi connectivity index (χ4n) is 4.43. The van der Waals surface area contributed by atoms with Crippen molar-refractivity contribution in [3.8, 4) is 5.75 Å². The number of nitrogens with one attached hydrogen (secondary N) is 1. The topological polar surface area (TPSA) is 77.4 Å². The maximum absolute atomic E-state index is 13.3. The number of methoxy groups -OCH3 is 1. The molecule has 1 aromatic heterocycles. The van der Waals surface area contributed by atoms with E-state index in [9.17, 15) is 13.2 Å². The third-order valence-electron chi connectivity index (χ3n) is 6.17. The second-order valence-corrected chi connectivity index (χ2v) is 11.5. The molecule has 1 atom stereocenters. The molecule has 1 N–H and O–H groups in total. The van der Waals surface area contributed by atoms with Gasteiger partial charge in [0.1, 0.15) is 5.75 Å². The summed E-state index contributed by atoms with van der Waals surface area (Å²) in [7, 11) is -2.15. The minimum absolute atomic E-state index is 0.136. The molecular formula is C25H23ClN2O4S2. The van der Waals surface area contributed by atoms with E-state index in [4.69, 9.17) is 16.3 Å². The van der Waals surface area contributed by atoms with Crippen LogP contribution in [0.2, 0.25) is 5.02 Å². The number of aryl methyl sites for hydroxylation is 1. The predicted octanol–water partition coefficient (Wildman–Crippen LogP) is 5.13. The standard InChI is InChI=1S/C25H23ClN2O4S2/c1-32-19-9-11-21-17(13-19)3-2-4-22(21)27-34(30,31)20-10-12-23-24(14-20)33-25(29)28(23)15-16-5-7-18(26)8-6-16/h5-14,22,27H,2-4,15H2,1H3/t22-/m1/s1. The molecular weight excluding hydrogens is 492 g/mol. The molecule has 34 heavy (non-hydrogen) atoms. The van der Waals surface area contributed by atoms with Gasteiger partial charge in [0.05, 0.1) is 28.8 Å².